The molecule has 15 heavy (non-hydrogen) atoms. The summed E-state index contributed by atoms with van der Waals surface area (Å²) in [5.74, 6) is 0. The predicted molar refractivity (Wildman–Crippen MR) is 56.8 cm³/mol. The zero-order chi connectivity index (χ0) is 10.4. The van der Waals surface area contributed by atoms with E-state index in [1.165, 1.54) is 0 Å². The number of anilines is 1. The van der Waals surface area contributed by atoms with Crippen molar-refractivity contribution in [3.63, 3.8) is 0 Å². The van der Waals surface area contributed by atoms with Crippen LogP contribution in [0.5, 0.6) is 0 Å². The summed E-state index contributed by atoms with van der Waals surface area (Å²) in [4.78, 5) is 10.7. The van der Waals surface area contributed by atoms with Crippen LogP contribution in [0, 0.1) is 0 Å². The Morgan fingerprint density at radius 2 is 2.07 bits per heavy atom. The van der Waals surface area contributed by atoms with Crippen LogP contribution in [0.25, 0.3) is 0 Å². The van der Waals surface area contributed by atoms with Crippen LogP contribution in [0.3, 0.4) is 0 Å². The van der Waals surface area contributed by atoms with E-state index in [1.54, 1.807) is 6.92 Å². The summed E-state index contributed by atoms with van der Waals surface area (Å²) < 4.78 is 10.7. The molecule has 0 aliphatic carbocycles. The third-order valence-corrected chi connectivity index (χ3v) is 2.60. The molecule has 0 aliphatic heterocycles. The third-order valence-electron chi connectivity index (χ3n) is 1.66. The van der Waals surface area contributed by atoms with Gasteiger partial charge in [-0.3, -0.25) is 5.43 Å². The Bertz CT molecular complexity index is 343. The number of nitrogens with one attached hydrogen (secondary N) is 1. The summed E-state index contributed by atoms with van der Waals surface area (Å²) in [5.41, 5.74) is 3.66. The van der Waals surface area contributed by atoms with Gasteiger partial charge in [-0.2, -0.15) is 5.10 Å². The van der Waals surface area contributed by atoms with Crippen molar-refractivity contribution in [2.45, 2.75) is 13.3 Å². The van der Waals surface area contributed by atoms with Crippen molar-refractivity contribution in [1.29, 1.82) is 0 Å². The average molecular weight is 234 g/mol. The van der Waals surface area contributed by atoms with Crippen LogP contribution in [0.4, 0.5) is 5.69 Å². The Hall–Kier alpha value is -0.120. The summed E-state index contributed by atoms with van der Waals surface area (Å²) >= 11 is 0. The second kappa shape index (κ2) is 8.08. The first kappa shape index (κ1) is 14.9. The van der Waals surface area contributed by atoms with E-state index in [1.807, 2.05) is 30.3 Å². The quantitative estimate of drug-likeness (QED) is 0.303. The van der Waals surface area contributed by atoms with Crippen LogP contribution in [0.2, 0.25) is 0 Å². The molecule has 1 aromatic rings. The van der Waals surface area contributed by atoms with Crippen LogP contribution < -0.4 is 39.9 Å². The molecule has 0 bridgehead atoms. The van der Waals surface area contributed by atoms with Gasteiger partial charge in [0.1, 0.15) is 0 Å². The van der Waals surface area contributed by atoms with Crippen molar-refractivity contribution < 1.29 is 39.0 Å². The summed E-state index contributed by atoms with van der Waals surface area (Å²) in [6, 6.07) is 9.22. The Balaban J connectivity index is 0.00000196. The SMILES string of the molecule is CCC(=NNc1ccccc1)[PH](=O)[O-].[Na+]. The minimum Gasteiger partial charge on any atom is -0.797 e. The Morgan fingerprint density at radius 1 is 1.47 bits per heavy atom. The Morgan fingerprint density at radius 3 is 2.53 bits per heavy atom. The second-order valence-corrected chi connectivity index (χ2v) is 3.83. The topological polar surface area (TPSA) is 64.5 Å². The van der Waals surface area contributed by atoms with Crippen molar-refractivity contribution in [3.05, 3.63) is 30.3 Å². The molecule has 0 heterocycles. The number of para-hydroxylation sites is 1. The molecule has 0 saturated carbocycles. The van der Waals surface area contributed by atoms with Gasteiger partial charge in [-0.15, -0.1) is 0 Å². The Kier molecular flexibility index (Phi) is 8.02. The molecule has 1 N–H and O–H groups in total. The first-order valence-electron chi connectivity index (χ1n) is 4.33. The Labute approximate surface area is 112 Å². The minimum absolute atomic E-state index is 0. The van der Waals surface area contributed by atoms with E-state index in [2.05, 4.69) is 10.5 Å². The molecule has 4 nitrogen and oxygen atoms in total. The van der Waals surface area contributed by atoms with E-state index in [4.69, 9.17) is 0 Å². The maximum atomic E-state index is 10.7. The molecule has 0 saturated heterocycles. The third kappa shape index (κ3) is 5.50. The standard InChI is InChI=1S/C9H13N2O2P.Na/c1-2-9(14(12)13)11-10-8-6-4-3-5-7-8;/h3-7,10,14H,2H2,1H3,(H,12,13);/q;+1/p-1. The van der Waals surface area contributed by atoms with Gasteiger partial charge in [0.05, 0.1) is 11.1 Å². The summed E-state index contributed by atoms with van der Waals surface area (Å²) in [7, 11) is -2.91. The van der Waals surface area contributed by atoms with Crippen LogP contribution in [0.15, 0.2) is 35.4 Å². The van der Waals surface area contributed by atoms with Gasteiger partial charge in [0.15, 0.2) is 0 Å². The monoisotopic (exact) mass is 234 g/mol. The smallest absolute Gasteiger partial charge is 0.797 e. The number of hydrogen-bond donors (Lipinski definition) is 1. The number of nitrogens with zero attached hydrogens (tertiary/aromatic N) is 1. The predicted octanol–water partition coefficient (Wildman–Crippen LogP) is -1.34. The van der Waals surface area contributed by atoms with E-state index in [0.717, 1.165) is 5.69 Å². The molecule has 0 amide bonds. The molecule has 1 rings (SSSR count). The van der Waals surface area contributed by atoms with E-state index in [0.29, 0.717) is 6.42 Å². The van der Waals surface area contributed by atoms with E-state index in [9.17, 15) is 9.46 Å². The van der Waals surface area contributed by atoms with Gasteiger partial charge in [0, 0.05) is 8.03 Å². The molecule has 0 fully saturated rings. The van der Waals surface area contributed by atoms with Gasteiger partial charge in [-0.25, -0.2) is 0 Å². The van der Waals surface area contributed by atoms with Crippen LogP contribution >= 0.6 is 8.03 Å². The van der Waals surface area contributed by atoms with Crippen molar-refractivity contribution >= 4 is 19.2 Å². The molecule has 1 unspecified atom stereocenters. The van der Waals surface area contributed by atoms with E-state index >= 15 is 0 Å². The summed E-state index contributed by atoms with van der Waals surface area (Å²) in [5, 5.41) is 3.80. The zero-order valence-electron chi connectivity index (χ0n) is 8.86. The fraction of sp³-hybridized carbons (Fsp3) is 0.222. The van der Waals surface area contributed by atoms with Crippen molar-refractivity contribution in [2.24, 2.45) is 5.10 Å². The fourth-order valence-electron chi connectivity index (χ4n) is 0.914. The van der Waals surface area contributed by atoms with Gasteiger partial charge >= 0.3 is 29.6 Å². The summed E-state index contributed by atoms with van der Waals surface area (Å²) in [6.45, 7) is 1.76. The minimum atomic E-state index is -2.91. The molecule has 0 radical (unpaired) electrons. The van der Waals surface area contributed by atoms with Crippen LogP contribution in [-0.2, 0) is 4.57 Å². The first-order chi connectivity index (χ1) is 6.74. The molecule has 0 aliphatic rings. The molecule has 0 spiro atoms. The fourth-order valence-corrected chi connectivity index (χ4v) is 1.35. The zero-order valence-corrected chi connectivity index (χ0v) is 11.9. The van der Waals surface area contributed by atoms with Gasteiger partial charge in [0.25, 0.3) is 0 Å². The maximum Gasteiger partial charge on any atom is 1.00 e. The normalized spacial score (nSPS) is 12.8. The van der Waals surface area contributed by atoms with Crippen molar-refractivity contribution in [2.75, 3.05) is 5.43 Å². The molecule has 0 aromatic heterocycles. The maximum absolute atomic E-state index is 10.7. The molecule has 1 atom stereocenters. The van der Waals surface area contributed by atoms with Crippen molar-refractivity contribution in [1.82, 2.24) is 0 Å². The molecule has 76 valence electrons. The van der Waals surface area contributed by atoms with Crippen molar-refractivity contribution in [3.8, 4) is 0 Å². The number of benzene rings is 1. The van der Waals surface area contributed by atoms with E-state index < -0.39 is 8.03 Å². The summed E-state index contributed by atoms with van der Waals surface area (Å²) in [6.07, 6.45) is 0.418. The molecule has 1 aromatic carbocycles. The molecule has 6 heteroatoms. The van der Waals surface area contributed by atoms with Crippen LogP contribution in [-0.4, -0.2) is 5.45 Å². The molecular formula is C9H12N2NaO2P. The average Bonchev–Trinajstić information content (AvgIpc) is 2.20. The van der Waals surface area contributed by atoms with Gasteiger partial charge in [-0.05, 0) is 18.6 Å². The van der Waals surface area contributed by atoms with Gasteiger partial charge in [-0.1, -0.05) is 25.1 Å². The number of hydrogen-bond acceptors (Lipinski definition) is 4. The van der Waals surface area contributed by atoms with E-state index in [-0.39, 0.29) is 35.0 Å². The van der Waals surface area contributed by atoms with Gasteiger partial charge < -0.3 is 9.46 Å². The largest absolute Gasteiger partial charge is 1.00 e. The van der Waals surface area contributed by atoms with Crippen LogP contribution in [0.1, 0.15) is 13.3 Å². The molecular weight excluding hydrogens is 222 g/mol. The second-order valence-electron chi connectivity index (χ2n) is 2.68. The number of rotatable bonds is 4. The first-order valence-corrected chi connectivity index (χ1v) is 5.64. The number of hydrazone groups is 1. The van der Waals surface area contributed by atoms with Gasteiger partial charge in [0.2, 0.25) is 0 Å².